The van der Waals surface area contributed by atoms with Crippen LogP contribution in [0.1, 0.15) is 65.9 Å². The van der Waals surface area contributed by atoms with Crippen LogP contribution in [-0.2, 0) is 16.1 Å². The van der Waals surface area contributed by atoms with E-state index in [4.69, 9.17) is 9.47 Å². The molecule has 1 heterocycles. The van der Waals surface area contributed by atoms with Gasteiger partial charge < -0.3 is 14.4 Å². The second-order valence-electron chi connectivity index (χ2n) is 9.07. The number of methoxy groups -OCH3 is 1. The molecule has 1 amide bonds. The second kappa shape index (κ2) is 10.3. The number of nitrogens with zero attached hydrogens (tertiary/aromatic N) is 1. The predicted molar refractivity (Wildman–Crippen MR) is 114 cm³/mol. The minimum atomic E-state index is -0.0297. The average Bonchev–Trinajstić information content (AvgIpc) is 2.66. The van der Waals surface area contributed by atoms with E-state index in [1.807, 2.05) is 24.0 Å². The van der Waals surface area contributed by atoms with Crippen molar-refractivity contribution in [2.24, 2.45) is 17.8 Å². The number of ether oxygens (including phenoxy) is 2. The molecule has 28 heavy (non-hydrogen) atoms. The highest BCUT2D eigenvalue weighted by Crippen LogP contribution is 2.38. The van der Waals surface area contributed by atoms with E-state index in [9.17, 15) is 4.79 Å². The van der Waals surface area contributed by atoms with E-state index in [1.165, 1.54) is 0 Å². The molecule has 1 fully saturated rings. The highest BCUT2D eigenvalue weighted by atomic mass is 16.5. The first-order valence-corrected chi connectivity index (χ1v) is 10.8. The third-order valence-electron chi connectivity index (χ3n) is 6.12. The number of hydrogen-bond donors (Lipinski definition) is 0. The Morgan fingerprint density at radius 3 is 2.50 bits per heavy atom. The van der Waals surface area contributed by atoms with Gasteiger partial charge in [-0.25, -0.2) is 0 Å². The van der Waals surface area contributed by atoms with Crippen LogP contribution in [0.5, 0.6) is 5.75 Å². The van der Waals surface area contributed by atoms with Crippen molar-refractivity contribution in [2.75, 3.05) is 20.3 Å². The van der Waals surface area contributed by atoms with E-state index in [0.29, 0.717) is 30.7 Å². The molecule has 0 unspecified atom stereocenters. The van der Waals surface area contributed by atoms with E-state index in [0.717, 1.165) is 43.7 Å². The van der Waals surface area contributed by atoms with Crippen LogP contribution in [0, 0.1) is 17.8 Å². The molecule has 0 aliphatic carbocycles. The van der Waals surface area contributed by atoms with Gasteiger partial charge in [0.15, 0.2) is 0 Å². The number of amides is 1. The molecule has 0 radical (unpaired) electrons. The van der Waals surface area contributed by atoms with Gasteiger partial charge in [-0.15, -0.1) is 0 Å². The first kappa shape index (κ1) is 22.7. The lowest BCUT2D eigenvalue weighted by Crippen LogP contribution is -2.39. The summed E-state index contributed by atoms with van der Waals surface area (Å²) in [6.45, 7) is 13.3. The Hall–Kier alpha value is -1.55. The Kier molecular flexibility index (Phi) is 8.36. The van der Waals surface area contributed by atoms with Gasteiger partial charge in [-0.2, -0.15) is 0 Å². The summed E-state index contributed by atoms with van der Waals surface area (Å²) in [6.07, 6.45) is 3.84. The summed E-state index contributed by atoms with van der Waals surface area (Å²) < 4.78 is 11.2. The van der Waals surface area contributed by atoms with Gasteiger partial charge in [0, 0.05) is 26.1 Å². The fourth-order valence-corrected chi connectivity index (χ4v) is 4.53. The standard InChI is InChI=1S/C24H39NO3/c1-7-23(26)25(17-19-8-10-21(27-6)11-9-19)14-12-22(18(2)3)20-13-15-28-24(4,5)16-20/h8-11,18,20,22H,7,12-17H2,1-6H3/t20-,22+/m0/s1. The first-order valence-electron chi connectivity index (χ1n) is 10.8. The van der Waals surface area contributed by atoms with Crippen molar-refractivity contribution in [1.82, 2.24) is 4.90 Å². The topological polar surface area (TPSA) is 38.8 Å². The van der Waals surface area contributed by atoms with E-state index in [-0.39, 0.29) is 11.5 Å². The molecule has 0 aromatic heterocycles. The van der Waals surface area contributed by atoms with Crippen LogP contribution in [0.15, 0.2) is 24.3 Å². The number of benzene rings is 1. The van der Waals surface area contributed by atoms with Crippen LogP contribution in [0.2, 0.25) is 0 Å². The molecule has 1 aliphatic heterocycles. The minimum Gasteiger partial charge on any atom is -0.497 e. The van der Waals surface area contributed by atoms with Crippen molar-refractivity contribution >= 4 is 5.91 Å². The lowest BCUT2D eigenvalue weighted by atomic mass is 9.73. The quantitative estimate of drug-likeness (QED) is 0.575. The summed E-state index contributed by atoms with van der Waals surface area (Å²) in [4.78, 5) is 14.6. The van der Waals surface area contributed by atoms with Crippen molar-refractivity contribution in [2.45, 2.75) is 72.4 Å². The molecule has 158 valence electrons. The molecule has 0 bridgehead atoms. The SMILES string of the molecule is CCC(=O)N(CC[C@H](C(C)C)[C@H]1CCOC(C)(C)C1)Cc1ccc(OC)cc1. The van der Waals surface area contributed by atoms with Crippen molar-refractivity contribution in [3.63, 3.8) is 0 Å². The molecule has 4 heteroatoms. The highest BCUT2D eigenvalue weighted by molar-refractivity contribution is 5.75. The van der Waals surface area contributed by atoms with E-state index in [1.54, 1.807) is 7.11 Å². The van der Waals surface area contributed by atoms with Crippen molar-refractivity contribution in [1.29, 1.82) is 0 Å². The second-order valence-corrected chi connectivity index (χ2v) is 9.07. The maximum absolute atomic E-state index is 12.6. The summed E-state index contributed by atoms with van der Waals surface area (Å²) in [6, 6.07) is 8.03. The lowest BCUT2D eigenvalue weighted by molar-refractivity contribution is -0.132. The Labute approximate surface area is 171 Å². The molecular formula is C24H39NO3. The van der Waals surface area contributed by atoms with Gasteiger partial charge in [-0.1, -0.05) is 32.9 Å². The van der Waals surface area contributed by atoms with Crippen molar-refractivity contribution in [3.05, 3.63) is 29.8 Å². The van der Waals surface area contributed by atoms with Crippen LogP contribution >= 0.6 is 0 Å². The Balaban J connectivity index is 2.04. The molecule has 1 aliphatic rings. The van der Waals surface area contributed by atoms with Crippen LogP contribution < -0.4 is 4.74 Å². The zero-order chi connectivity index (χ0) is 20.7. The summed E-state index contributed by atoms with van der Waals surface area (Å²) in [5.74, 6) is 2.97. The summed E-state index contributed by atoms with van der Waals surface area (Å²) in [7, 11) is 1.67. The third-order valence-corrected chi connectivity index (χ3v) is 6.12. The fraction of sp³-hybridized carbons (Fsp3) is 0.708. The van der Waals surface area contributed by atoms with E-state index in [2.05, 4.69) is 39.8 Å². The number of carbonyl (C=O) groups is 1. The normalized spacial score (nSPS) is 20.0. The van der Waals surface area contributed by atoms with Crippen LogP contribution in [-0.4, -0.2) is 36.7 Å². The first-order chi connectivity index (χ1) is 13.3. The van der Waals surface area contributed by atoms with Gasteiger partial charge >= 0.3 is 0 Å². The predicted octanol–water partition coefficient (Wildman–Crippen LogP) is 5.30. The number of hydrogen-bond acceptors (Lipinski definition) is 3. The molecule has 1 saturated heterocycles. The van der Waals surface area contributed by atoms with Crippen molar-refractivity contribution < 1.29 is 14.3 Å². The van der Waals surface area contributed by atoms with Gasteiger partial charge in [0.2, 0.25) is 5.91 Å². The zero-order valence-corrected chi connectivity index (χ0v) is 18.7. The maximum atomic E-state index is 12.6. The largest absolute Gasteiger partial charge is 0.497 e. The van der Waals surface area contributed by atoms with Gasteiger partial charge in [-0.05, 0) is 68.6 Å². The molecule has 2 rings (SSSR count). The van der Waals surface area contributed by atoms with Crippen molar-refractivity contribution in [3.8, 4) is 5.75 Å². The fourth-order valence-electron chi connectivity index (χ4n) is 4.53. The van der Waals surface area contributed by atoms with Gasteiger partial charge in [0.05, 0.1) is 12.7 Å². The molecule has 0 N–H and O–H groups in total. The summed E-state index contributed by atoms with van der Waals surface area (Å²) in [5.41, 5.74) is 1.12. The highest BCUT2D eigenvalue weighted by Gasteiger charge is 2.34. The maximum Gasteiger partial charge on any atom is 0.222 e. The van der Waals surface area contributed by atoms with Gasteiger partial charge in [0.1, 0.15) is 5.75 Å². The molecule has 1 aromatic carbocycles. The number of carbonyl (C=O) groups excluding carboxylic acids is 1. The van der Waals surface area contributed by atoms with Gasteiger partial charge in [0.25, 0.3) is 0 Å². The molecule has 1 aromatic rings. The van der Waals surface area contributed by atoms with Gasteiger partial charge in [-0.3, -0.25) is 4.79 Å². The van der Waals surface area contributed by atoms with Crippen LogP contribution in [0.25, 0.3) is 0 Å². The smallest absolute Gasteiger partial charge is 0.222 e. The summed E-state index contributed by atoms with van der Waals surface area (Å²) in [5, 5.41) is 0. The van der Waals surface area contributed by atoms with Crippen LogP contribution in [0.3, 0.4) is 0 Å². The Bertz CT molecular complexity index is 609. The summed E-state index contributed by atoms with van der Waals surface area (Å²) >= 11 is 0. The van der Waals surface area contributed by atoms with Crippen LogP contribution in [0.4, 0.5) is 0 Å². The Morgan fingerprint density at radius 2 is 1.96 bits per heavy atom. The molecular weight excluding hydrogens is 350 g/mol. The molecule has 0 spiro atoms. The molecule has 4 nitrogen and oxygen atoms in total. The zero-order valence-electron chi connectivity index (χ0n) is 18.7. The van der Waals surface area contributed by atoms with E-state index < -0.39 is 0 Å². The Morgan fingerprint density at radius 1 is 1.29 bits per heavy atom. The third kappa shape index (κ3) is 6.51. The average molecular weight is 390 g/mol. The minimum absolute atomic E-state index is 0.0297. The van der Waals surface area contributed by atoms with E-state index >= 15 is 0 Å². The number of rotatable bonds is 9. The molecule has 0 saturated carbocycles. The lowest BCUT2D eigenvalue weighted by Gasteiger charge is -2.41. The molecule has 2 atom stereocenters. The monoisotopic (exact) mass is 389 g/mol.